The van der Waals surface area contributed by atoms with Gasteiger partial charge in [0, 0.05) is 25.5 Å². The van der Waals surface area contributed by atoms with Crippen LogP contribution < -0.4 is 10.2 Å². The molecule has 0 saturated heterocycles. The zero-order valence-corrected chi connectivity index (χ0v) is 18.9. The fraction of sp³-hybridized carbons (Fsp3) is 0.364. The molecule has 2 aromatic carbocycles. The summed E-state index contributed by atoms with van der Waals surface area (Å²) in [5.41, 5.74) is 3.30. The molecule has 0 radical (unpaired) electrons. The zero-order valence-electron chi connectivity index (χ0n) is 18.1. The average Bonchev–Trinajstić information content (AvgIpc) is 2.84. The van der Waals surface area contributed by atoms with Crippen molar-refractivity contribution in [3.63, 3.8) is 0 Å². The van der Waals surface area contributed by atoms with Gasteiger partial charge in [0.1, 0.15) is 0 Å². The molecule has 0 aromatic heterocycles. The molecular formula is C22H27N3O4S. The minimum absolute atomic E-state index is 0.0545. The summed E-state index contributed by atoms with van der Waals surface area (Å²) in [6.45, 7) is 7.14. The number of fused-ring (bicyclic) bond motifs is 1. The number of hydrogen-bond donors (Lipinski definition) is 1. The van der Waals surface area contributed by atoms with Gasteiger partial charge in [0.05, 0.1) is 16.9 Å². The van der Waals surface area contributed by atoms with Gasteiger partial charge in [0.25, 0.3) is 0 Å². The van der Waals surface area contributed by atoms with Crippen molar-refractivity contribution in [2.24, 2.45) is 0 Å². The number of rotatable bonds is 5. The van der Waals surface area contributed by atoms with Crippen LogP contribution in [0.3, 0.4) is 0 Å². The van der Waals surface area contributed by atoms with Gasteiger partial charge in [-0.15, -0.1) is 0 Å². The summed E-state index contributed by atoms with van der Waals surface area (Å²) in [6.07, 6.45) is 0. The van der Waals surface area contributed by atoms with Crippen LogP contribution in [0.25, 0.3) is 0 Å². The maximum absolute atomic E-state index is 13.0. The largest absolute Gasteiger partial charge is 0.325 e. The number of nitrogens with one attached hydrogen (secondary N) is 1. The van der Waals surface area contributed by atoms with Gasteiger partial charge < -0.3 is 10.2 Å². The molecule has 0 unspecified atom stereocenters. The van der Waals surface area contributed by atoms with E-state index in [2.05, 4.69) is 5.32 Å². The van der Waals surface area contributed by atoms with Crippen LogP contribution in [0.15, 0.2) is 41.3 Å². The quantitative estimate of drug-likeness (QED) is 0.792. The molecule has 8 heteroatoms. The third-order valence-corrected chi connectivity index (χ3v) is 7.51. The lowest BCUT2D eigenvalue weighted by Crippen LogP contribution is -2.35. The van der Waals surface area contributed by atoms with Gasteiger partial charge in [0.15, 0.2) is 0 Å². The van der Waals surface area contributed by atoms with E-state index < -0.39 is 21.3 Å². The average molecular weight is 430 g/mol. The molecule has 160 valence electrons. The third kappa shape index (κ3) is 3.73. The Bertz CT molecular complexity index is 1140. The Morgan fingerprint density at radius 2 is 1.77 bits per heavy atom. The summed E-state index contributed by atoms with van der Waals surface area (Å²) in [6, 6.07) is 10.2. The summed E-state index contributed by atoms with van der Waals surface area (Å²) in [5.74, 6) is -0.520. The Morgan fingerprint density at radius 3 is 2.40 bits per heavy atom. The molecule has 1 N–H and O–H groups in total. The van der Waals surface area contributed by atoms with Gasteiger partial charge >= 0.3 is 0 Å². The number of likely N-dealkylation sites (N-methyl/N-ethyl adjacent to an activating group) is 2. The fourth-order valence-electron chi connectivity index (χ4n) is 3.60. The van der Waals surface area contributed by atoms with Crippen molar-refractivity contribution in [2.75, 3.05) is 30.9 Å². The predicted molar refractivity (Wildman–Crippen MR) is 117 cm³/mol. The van der Waals surface area contributed by atoms with Crippen LogP contribution in [0, 0.1) is 13.8 Å². The van der Waals surface area contributed by atoms with Crippen LogP contribution in [-0.4, -0.2) is 45.2 Å². The number of carbonyl (C=O) groups excluding carboxylic acids is 2. The Morgan fingerprint density at radius 1 is 1.10 bits per heavy atom. The van der Waals surface area contributed by atoms with Gasteiger partial charge in [-0.25, -0.2) is 8.42 Å². The topological polar surface area (TPSA) is 86.8 Å². The van der Waals surface area contributed by atoms with E-state index in [9.17, 15) is 18.0 Å². The van der Waals surface area contributed by atoms with Gasteiger partial charge in [-0.2, -0.15) is 4.31 Å². The second kappa shape index (κ2) is 7.52. The van der Waals surface area contributed by atoms with E-state index >= 15 is 0 Å². The van der Waals surface area contributed by atoms with E-state index in [1.165, 1.54) is 24.1 Å². The van der Waals surface area contributed by atoms with E-state index in [-0.39, 0.29) is 17.3 Å². The van der Waals surface area contributed by atoms with Crippen LogP contribution in [0.5, 0.6) is 0 Å². The fourth-order valence-corrected chi connectivity index (χ4v) is 4.75. The molecule has 2 aromatic rings. The molecule has 1 aliphatic rings. The minimum Gasteiger partial charge on any atom is -0.325 e. The van der Waals surface area contributed by atoms with Crippen molar-refractivity contribution in [1.29, 1.82) is 0 Å². The van der Waals surface area contributed by atoms with Crippen LogP contribution in [0.4, 0.5) is 11.4 Å². The van der Waals surface area contributed by atoms with Crippen molar-refractivity contribution in [2.45, 2.75) is 38.0 Å². The van der Waals surface area contributed by atoms with Crippen LogP contribution in [0.1, 0.15) is 30.5 Å². The number of carbonyl (C=O) groups is 2. The molecule has 0 spiro atoms. The highest BCUT2D eigenvalue weighted by Crippen LogP contribution is 2.41. The second-order valence-corrected chi connectivity index (χ2v) is 10.3. The van der Waals surface area contributed by atoms with E-state index in [1.54, 1.807) is 33.0 Å². The number of benzene rings is 2. The summed E-state index contributed by atoms with van der Waals surface area (Å²) in [7, 11) is -0.865. The first-order chi connectivity index (χ1) is 13.9. The summed E-state index contributed by atoms with van der Waals surface area (Å²) < 4.78 is 27.1. The van der Waals surface area contributed by atoms with E-state index in [1.807, 2.05) is 26.0 Å². The maximum atomic E-state index is 13.0. The molecule has 0 saturated carbocycles. The number of anilines is 2. The van der Waals surface area contributed by atoms with Crippen molar-refractivity contribution in [3.05, 3.63) is 53.1 Å². The predicted octanol–water partition coefficient (Wildman–Crippen LogP) is 2.82. The minimum atomic E-state index is -3.91. The van der Waals surface area contributed by atoms with Crippen LogP contribution >= 0.6 is 0 Å². The van der Waals surface area contributed by atoms with Gasteiger partial charge in [-0.1, -0.05) is 6.07 Å². The highest BCUT2D eigenvalue weighted by atomic mass is 32.2. The summed E-state index contributed by atoms with van der Waals surface area (Å²) in [4.78, 5) is 26.4. The highest BCUT2D eigenvalue weighted by Gasteiger charge is 2.43. The molecular weight excluding hydrogens is 402 g/mol. The van der Waals surface area contributed by atoms with Crippen molar-refractivity contribution in [1.82, 2.24) is 4.31 Å². The molecule has 3 rings (SSSR count). The molecule has 1 aliphatic heterocycles. The second-order valence-electron chi connectivity index (χ2n) is 8.28. The number of nitrogens with zero attached hydrogens (tertiary/aromatic N) is 2. The van der Waals surface area contributed by atoms with Crippen LogP contribution in [-0.2, 0) is 25.0 Å². The SMILES string of the molecule is Cc1ccc(NC(=O)CN(C)S(=O)(=O)c2ccc3c(c2)C(C)(C)C(=O)N3C)cc1C. The number of aryl methyl sites for hydroxylation is 2. The molecule has 30 heavy (non-hydrogen) atoms. The number of sulfonamides is 1. The molecule has 0 aliphatic carbocycles. The maximum Gasteiger partial charge on any atom is 0.243 e. The molecule has 2 amide bonds. The van der Waals surface area contributed by atoms with Gasteiger partial charge in [-0.3, -0.25) is 9.59 Å². The Kier molecular flexibility index (Phi) is 5.51. The molecule has 0 fully saturated rings. The summed E-state index contributed by atoms with van der Waals surface area (Å²) >= 11 is 0. The highest BCUT2D eigenvalue weighted by molar-refractivity contribution is 7.89. The standard InChI is InChI=1S/C22H27N3O4S/c1-14-7-8-16(11-15(14)2)23-20(26)13-24(5)30(28,29)17-9-10-19-18(12-17)22(3,4)21(27)25(19)6/h7-12H,13H2,1-6H3,(H,23,26). The third-order valence-electron chi connectivity index (χ3n) is 5.71. The van der Waals surface area contributed by atoms with E-state index in [0.717, 1.165) is 15.4 Å². The van der Waals surface area contributed by atoms with Crippen LogP contribution in [0.2, 0.25) is 0 Å². The first kappa shape index (κ1) is 22.0. The Labute approximate surface area is 177 Å². The van der Waals surface area contributed by atoms with Crippen molar-refractivity contribution in [3.8, 4) is 0 Å². The van der Waals surface area contributed by atoms with Crippen molar-refractivity contribution >= 4 is 33.2 Å². The smallest absolute Gasteiger partial charge is 0.243 e. The monoisotopic (exact) mass is 429 g/mol. The lowest BCUT2D eigenvalue weighted by atomic mass is 9.86. The van der Waals surface area contributed by atoms with E-state index in [4.69, 9.17) is 0 Å². The molecule has 0 bridgehead atoms. The number of hydrogen-bond acceptors (Lipinski definition) is 4. The summed E-state index contributed by atoms with van der Waals surface area (Å²) in [5, 5.41) is 2.73. The lowest BCUT2D eigenvalue weighted by Gasteiger charge is -2.19. The normalized spacial score (nSPS) is 15.4. The van der Waals surface area contributed by atoms with E-state index in [0.29, 0.717) is 16.9 Å². The van der Waals surface area contributed by atoms with Gasteiger partial charge in [-0.05, 0) is 74.7 Å². The van der Waals surface area contributed by atoms with Crippen molar-refractivity contribution < 1.29 is 18.0 Å². The molecule has 7 nitrogen and oxygen atoms in total. The molecule has 1 heterocycles. The molecule has 0 atom stereocenters. The lowest BCUT2D eigenvalue weighted by molar-refractivity contribution is -0.121. The Balaban J connectivity index is 1.80. The zero-order chi connectivity index (χ0) is 22.4. The first-order valence-corrected chi connectivity index (χ1v) is 11.1. The first-order valence-electron chi connectivity index (χ1n) is 9.62. The van der Waals surface area contributed by atoms with Gasteiger partial charge in [0.2, 0.25) is 21.8 Å². The number of amides is 2. The Hall–Kier alpha value is -2.71.